The normalized spacial score (nSPS) is 21.6. The maximum absolute atomic E-state index is 13.6. The van der Waals surface area contributed by atoms with Gasteiger partial charge in [0.25, 0.3) is 0 Å². The molecule has 44 heavy (non-hydrogen) atoms. The van der Waals surface area contributed by atoms with E-state index in [1.165, 1.54) is 12.0 Å². The van der Waals surface area contributed by atoms with Crippen molar-refractivity contribution in [2.75, 3.05) is 13.7 Å². The lowest BCUT2D eigenvalue weighted by molar-refractivity contribution is -0.154. The van der Waals surface area contributed by atoms with Gasteiger partial charge >= 0.3 is 12.1 Å². The number of amides is 2. The number of Topliss-reactive ketones (excluding diaryl/α,β-unsaturated/α-hetero) is 2. The number of halogens is 1. The van der Waals surface area contributed by atoms with Crippen LogP contribution in [0.4, 0.5) is 4.79 Å². The van der Waals surface area contributed by atoms with Crippen molar-refractivity contribution >= 4 is 45.5 Å². The maximum Gasteiger partial charge on any atom is 0.407 e. The van der Waals surface area contributed by atoms with Crippen molar-refractivity contribution in [1.82, 2.24) is 10.2 Å². The molecule has 1 N–H and O–H groups in total. The number of benzene rings is 2. The molecule has 2 aliphatic heterocycles. The van der Waals surface area contributed by atoms with Gasteiger partial charge in [-0.2, -0.15) is 0 Å². The highest BCUT2D eigenvalue weighted by Gasteiger charge is 2.43. The van der Waals surface area contributed by atoms with Crippen LogP contribution >= 0.6 is 15.9 Å². The molecule has 0 radical (unpaired) electrons. The Morgan fingerprint density at radius 1 is 1.07 bits per heavy atom. The van der Waals surface area contributed by atoms with Crippen LogP contribution < -0.4 is 10.1 Å². The van der Waals surface area contributed by atoms with Gasteiger partial charge in [0.2, 0.25) is 5.91 Å². The number of ketones is 2. The van der Waals surface area contributed by atoms with Crippen LogP contribution in [0.2, 0.25) is 0 Å². The van der Waals surface area contributed by atoms with E-state index < -0.39 is 30.8 Å². The van der Waals surface area contributed by atoms with Crippen LogP contribution in [-0.2, 0) is 32.1 Å². The zero-order valence-corrected chi connectivity index (χ0v) is 26.9. The fraction of sp³-hybridized carbons (Fsp3) is 0.485. The minimum absolute atomic E-state index is 0.0617. The third-order valence-electron chi connectivity index (χ3n) is 9.00. The molecule has 1 saturated heterocycles. The quantitative estimate of drug-likeness (QED) is 0.236. The molecule has 0 saturated carbocycles. The third-order valence-corrected chi connectivity index (χ3v) is 9.88. The Morgan fingerprint density at radius 3 is 2.57 bits per heavy atom. The summed E-state index contributed by atoms with van der Waals surface area (Å²) in [4.78, 5) is 65.7. The zero-order chi connectivity index (χ0) is 31.7. The molecule has 0 spiro atoms. The van der Waals surface area contributed by atoms with E-state index in [9.17, 15) is 24.0 Å². The summed E-state index contributed by atoms with van der Waals surface area (Å²) in [5, 5.41) is 2.61. The van der Waals surface area contributed by atoms with E-state index in [2.05, 4.69) is 21.2 Å². The molecule has 0 bridgehead atoms. The number of carbonyl (C=O) groups excluding carboxylic acids is 5. The Hall–Kier alpha value is -3.73. The van der Waals surface area contributed by atoms with Crippen molar-refractivity contribution in [3.05, 3.63) is 52.6 Å². The van der Waals surface area contributed by atoms with Crippen LogP contribution in [0, 0.1) is 5.92 Å². The van der Waals surface area contributed by atoms with Crippen LogP contribution in [0.25, 0.3) is 11.1 Å². The summed E-state index contributed by atoms with van der Waals surface area (Å²) in [6.45, 7) is 5.37. The van der Waals surface area contributed by atoms with Crippen LogP contribution in [0.5, 0.6) is 5.75 Å². The van der Waals surface area contributed by atoms with Gasteiger partial charge in [-0.05, 0) is 73.4 Å². The fourth-order valence-corrected chi connectivity index (χ4v) is 6.69. The van der Waals surface area contributed by atoms with Gasteiger partial charge in [-0.3, -0.25) is 14.4 Å². The summed E-state index contributed by atoms with van der Waals surface area (Å²) in [6.07, 6.45) is 2.41. The Bertz CT molecular complexity index is 1510. The molecule has 5 rings (SSSR count). The SMILES string of the molecule is CC[C@H](C)C(NC(=O)OC)C(=O)N1[C@@H](C)CC[C@H]1C(=O)OCC(=O)c1ccc2c(c1)COc1cc3c(cc1-2)CCC(Br)C3=O. The number of esters is 1. The highest BCUT2D eigenvalue weighted by Crippen LogP contribution is 2.42. The van der Waals surface area contributed by atoms with Crippen molar-refractivity contribution in [2.45, 2.75) is 82.4 Å². The molecule has 3 aliphatic rings. The molecule has 2 aromatic carbocycles. The van der Waals surface area contributed by atoms with Gasteiger partial charge in [0.05, 0.1) is 11.9 Å². The summed E-state index contributed by atoms with van der Waals surface area (Å²) in [5.41, 5.74) is 4.69. The average molecular weight is 670 g/mol. The molecule has 1 aliphatic carbocycles. The minimum Gasteiger partial charge on any atom is -0.488 e. The number of nitrogens with one attached hydrogen (secondary N) is 1. The van der Waals surface area contributed by atoms with Gasteiger partial charge in [0.15, 0.2) is 18.2 Å². The molecule has 234 valence electrons. The van der Waals surface area contributed by atoms with Crippen molar-refractivity contribution in [3.63, 3.8) is 0 Å². The number of rotatable bonds is 8. The van der Waals surface area contributed by atoms with Gasteiger partial charge in [-0.1, -0.05) is 48.3 Å². The highest BCUT2D eigenvalue weighted by molar-refractivity contribution is 9.10. The highest BCUT2D eigenvalue weighted by atomic mass is 79.9. The van der Waals surface area contributed by atoms with E-state index in [1.807, 2.05) is 39.0 Å². The second kappa shape index (κ2) is 13.1. The first-order valence-electron chi connectivity index (χ1n) is 15.0. The summed E-state index contributed by atoms with van der Waals surface area (Å²) in [5.74, 6) is -0.900. The van der Waals surface area contributed by atoms with E-state index in [1.54, 1.807) is 12.1 Å². The molecule has 0 aromatic heterocycles. The van der Waals surface area contributed by atoms with Crippen molar-refractivity contribution in [2.24, 2.45) is 5.92 Å². The average Bonchev–Trinajstić information content (AvgIpc) is 3.43. The summed E-state index contributed by atoms with van der Waals surface area (Å²) < 4.78 is 16.1. The van der Waals surface area contributed by atoms with Crippen LogP contribution in [0.1, 0.15) is 78.3 Å². The zero-order valence-electron chi connectivity index (χ0n) is 25.3. The lowest BCUT2D eigenvalue weighted by Crippen LogP contribution is -2.56. The lowest BCUT2D eigenvalue weighted by Gasteiger charge is -2.33. The standard InChI is InChI=1S/C33H37BrN2O8/c1-5-17(2)29(35-33(41)42-4)31(39)36-18(3)6-11-26(36)32(40)44-16-27(37)20-7-9-22-21(12-20)15-43-28-14-23-19(13-24(22)28)8-10-25(34)30(23)38/h7,9,12-14,17-18,25-26,29H,5-6,8,10-11,15-16H2,1-4H3,(H,35,41)/t17-,18-,25?,26-,29?/m0/s1. The molecule has 2 amide bonds. The lowest BCUT2D eigenvalue weighted by atomic mass is 9.85. The predicted molar refractivity (Wildman–Crippen MR) is 165 cm³/mol. The molecule has 11 heteroatoms. The van der Waals surface area contributed by atoms with Gasteiger partial charge in [-0.15, -0.1) is 0 Å². The largest absolute Gasteiger partial charge is 0.488 e. The Labute approximate surface area is 264 Å². The summed E-state index contributed by atoms with van der Waals surface area (Å²) >= 11 is 3.45. The van der Waals surface area contributed by atoms with Crippen LogP contribution in [0.15, 0.2) is 30.3 Å². The monoisotopic (exact) mass is 668 g/mol. The van der Waals surface area contributed by atoms with E-state index in [4.69, 9.17) is 14.2 Å². The maximum atomic E-state index is 13.6. The predicted octanol–water partition coefficient (Wildman–Crippen LogP) is 5.01. The van der Waals surface area contributed by atoms with E-state index >= 15 is 0 Å². The van der Waals surface area contributed by atoms with Crippen molar-refractivity contribution in [1.29, 1.82) is 0 Å². The second-order valence-electron chi connectivity index (χ2n) is 11.8. The number of alkyl halides is 1. The van der Waals surface area contributed by atoms with Crippen molar-refractivity contribution < 1.29 is 38.2 Å². The van der Waals surface area contributed by atoms with E-state index in [-0.39, 0.29) is 40.9 Å². The van der Waals surface area contributed by atoms with Gasteiger partial charge < -0.3 is 24.4 Å². The third kappa shape index (κ3) is 6.11. The smallest absolute Gasteiger partial charge is 0.407 e. The first-order chi connectivity index (χ1) is 21.0. The molecular weight excluding hydrogens is 632 g/mol. The first-order valence-corrected chi connectivity index (χ1v) is 15.9. The number of hydrogen-bond acceptors (Lipinski definition) is 8. The molecule has 2 heterocycles. The fourth-order valence-electron chi connectivity index (χ4n) is 6.21. The Balaban J connectivity index is 1.27. The number of carbonyl (C=O) groups is 5. The van der Waals surface area contributed by atoms with E-state index in [0.29, 0.717) is 36.1 Å². The number of alkyl carbamates (subject to hydrolysis) is 1. The number of hydrogen-bond donors (Lipinski definition) is 1. The molecule has 2 unspecified atom stereocenters. The molecular formula is C33H37BrN2O8. The number of fused-ring (bicyclic) bond motifs is 4. The molecule has 5 atom stereocenters. The second-order valence-corrected chi connectivity index (χ2v) is 12.9. The number of ether oxygens (including phenoxy) is 3. The van der Waals surface area contributed by atoms with Gasteiger partial charge in [-0.25, -0.2) is 9.59 Å². The topological polar surface area (TPSA) is 128 Å². The van der Waals surface area contributed by atoms with Crippen molar-refractivity contribution in [3.8, 4) is 16.9 Å². The Morgan fingerprint density at radius 2 is 1.84 bits per heavy atom. The molecule has 1 fully saturated rings. The molecule has 10 nitrogen and oxygen atoms in total. The summed E-state index contributed by atoms with van der Waals surface area (Å²) in [7, 11) is 1.23. The van der Waals surface area contributed by atoms with Gasteiger partial charge in [0, 0.05) is 22.7 Å². The first kappa shape index (κ1) is 31.7. The Kier molecular flexibility index (Phi) is 9.43. The molecule has 2 aromatic rings. The van der Waals surface area contributed by atoms with Crippen LogP contribution in [0.3, 0.4) is 0 Å². The van der Waals surface area contributed by atoms with Gasteiger partial charge in [0.1, 0.15) is 24.4 Å². The number of likely N-dealkylation sites (tertiary alicyclic amines) is 1. The number of methoxy groups -OCH3 is 1. The number of aryl methyl sites for hydroxylation is 1. The van der Waals surface area contributed by atoms with E-state index in [0.717, 1.165) is 35.1 Å². The van der Waals surface area contributed by atoms with Crippen LogP contribution in [-0.4, -0.2) is 71.1 Å². The number of nitrogens with zero attached hydrogens (tertiary/aromatic N) is 1. The minimum atomic E-state index is -0.861. The summed E-state index contributed by atoms with van der Waals surface area (Å²) in [6, 6.07) is 7.17.